The zero-order valence-corrected chi connectivity index (χ0v) is 14.2. The Morgan fingerprint density at radius 2 is 1.86 bits per heavy atom. The van der Waals surface area contributed by atoms with Crippen LogP contribution in [-0.2, 0) is 6.54 Å². The highest BCUT2D eigenvalue weighted by Gasteiger charge is 2.12. The van der Waals surface area contributed by atoms with E-state index < -0.39 is 6.10 Å². The summed E-state index contributed by atoms with van der Waals surface area (Å²) in [6.45, 7) is 6.41. The van der Waals surface area contributed by atoms with Crippen LogP contribution in [0.5, 0.6) is 11.5 Å². The summed E-state index contributed by atoms with van der Waals surface area (Å²) < 4.78 is 6.11. The number of rotatable bonds is 5. The summed E-state index contributed by atoms with van der Waals surface area (Å²) >= 11 is 6.14. The summed E-state index contributed by atoms with van der Waals surface area (Å²) in [5.74, 6) is 1.53. The summed E-state index contributed by atoms with van der Waals surface area (Å²) in [7, 11) is 1.89. The first-order valence-corrected chi connectivity index (χ1v) is 7.71. The molecule has 0 spiro atoms. The predicted molar refractivity (Wildman–Crippen MR) is 90.8 cm³/mol. The lowest BCUT2D eigenvalue weighted by atomic mass is 10.1. The first-order chi connectivity index (χ1) is 10.4. The third-order valence-corrected chi connectivity index (χ3v) is 4.24. The normalized spacial score (nSPS) is 12.3. The van der Waals surface area contributed by atoms with Crippen LogP contribution in [0.3, 0.4) is 0 Å². The lowest BCUT2D eigenvalue weighted by molar-refractivity contribution is 0.199. The SMILES string of the molecule is CNCc1ccc(C(C)O)cc1Oc1ccc(Cl)c(C)c1C. The second kappa shape index (κ2) is 7.14. The first-order valence-electron chi connectivity index (χ1n) is 7.33. The lowest BCUT2D eigenvalue weighted by Gasteiger charge is -2.16. The Morgan fingerprint density at radius 1 is 1.14 bits per heavy atom. The molecule has 1 atom stereocenters. The van der Waals surface area contributed by atoms with Crippen molar-refractivity contribution in [3.05, 3.63) is 57.6 Å². The topological polar surface area (TPSA) is 41.5 Å². The molecule has 0 amide bonds. The van der Waals surface area contributed by atoms with Gasteiger partial charge in [0.05, 0.1) is 6.10 Å². The molecule has 0 radical (unpaired) electrons. The van der Waals surface area contributed by atoms with E-state index in [1.54, 1.807) is 6.92 Å². The number of hydrogen-bond acceptors (Lipinski definition) is 3. The maximum Gasteiger partial charge on any atom is 0.132 e. The molecule has 0 aliphatic heterocycles. The van der Waals surface area contributed by atoms with Gasteiger partial charge >= 0.3 is 0 Å². The van der Waals surface area contributed by atoms with Crippen LogP contribution in [-0.4, -0.2) is 12.2 Å². The molecular weight excluding hydrogens is 298 g/mol. The van der Waals surface area contributed by atoms with Crippen molar-refractivity contribution in [3.8, 4) is 11.5 Å². The molecule has 2 rings (SSSR count). The van der Waals surface area contributed by atoms with E-state index in [0.29, 0.717) is 6.54 Å². The van der Waals surface area contributed by atoms with Crippen LogP contribution in [0.1, 0.15) is 35.3 Å². The lowest BCUT2D eigenvalue weighted by Crippen LogP contribution is -2.07. The van der Waals surface area contributed by atoms with Crippen molar-refractivity contribution < 1.29 is 9.84 Å². The fourth-order valence-electron chi connectivity index (χ4n) is 2.25. The van der Waals surface area contributed by atoms with Crippen molar-refractivity contribution in [2.24, 2.45) is 0 Å². The second-order valence-electron chi connectivity index (χ2n) is 5.47. The third-order valence-electron chi connectivity index (χ3n) is 3.83. The van der Waals surface area contributed by atoms with Gasteiger partial charge in [-0.05, 0) is 62.7 Å². The molecule has 2 N–H and O–H groups in total. The summed E-state index contributed by atoms with van der Waals surface area (Å²) in [5, 5.41) is 13.6. The first kappa shape index (κ1) is 16.8. The monoisotopic (exact) mass is 319 g/mol. The van der Waals surface area contributed by atoms with E-state index in [1.165, 1.54) is 0 Å². The quantitative estimate of drug-likeness (QED) is 0.851. The molecular formula is C18H22ClNO2. The molecule has 0 heterocycles. The number of ether oxygens (including phenoxy) is 1. The zero-order valence-electron chi connectivity index (χ0n) is 13.4. The highest BCUT2D eigenvalue weighted by Crippen LogP contribution is 2.33. The number of benzene rings is 2. The largest absolute Gasteiger partial charge is 0.457 e. The number of hydrogen-bond donors (Lipinski definition) is 2. The van der Waals surface area contributed by atoms with E-state index in [1.807, 2.05) is 51.2 Å². The molecule has 1 unspecified atom stereocenters. The van der Waals surface area contributed by atoms with Crippen LogP contribution >= 0.6 is 11.6 Å². The summed E-state index contributed by atoms with van der Waals surface area (Å²) in [5.41, 5.74) is 3.91. The molecule has 0 aromatic heterocycles. The zero-order chi connectivity index (χ0) is 16.3. The van der Waals surface area contributed by atoms with Crippen molar-refractivity contribution in [2.75, 3.05) is 7.05 Å². The number of halogens is 1. The van der Waals surface area contributed by atoms with Gasteiger partial charge in [0.15, 0.2) is 0 Å². The van der Waals surface area contributed by atoms with Crippen LogP contribution in [0.15, 0.2) is 30.3 Å². The maximum absolute atomic E-state index is 9.78. The molecule has 0 saturated heterocycles. The number of aliphatic hydroxyl groups is 1. The van der Waals surface area contributed by atoms with Crippen molar-refractivity contribution in [1.82, 2.24) is 5.32 Å². The minimum atomic E-state index is -0.529. The van der Waals surface area contributed by atoms with Crippen molar-refractivity contribution in [3.63, 3.8) is 0 Å². The average molecular weight is 320 g/mol. The smallest absolute Gasteiger partial charge is 0.132 e. The predicted octanol–water partition coefficient (Wildman–Crippen LogP) is 4.52. The molecule has 0 bridgehead atoms. The molecule has 0 aliphatic carbocycles. The van der Waals surface area contributed by atoms with Crippen LogP contribution in [0, 0.1) is 13.8 Å². The van der Waals surface area contributed by atoms with Gasteiger partial charge in [0.1, 0.15) is 11.5 Å². The van der Waals surface area contributed by atoms with Gasteiger partial charge in [-0.3, -0.25) is 0 Å². The number of nitrogens with one attached hydrogen (secondary N) is 1. The van der Waals surface area contributed by atoms with Gasteiger partial charge in [-0.15, -0.1) is 0 Å². The van der Waals surface area contributed by atoms with Crippen LogP contribution in [0.2, 0.25) is 5.02 Å². The van der Waals surface area contributed by atoms with Crippen molar-refractivity contribution >= 4 is 11.6 Å². The van der Waals surface area contributed by atoms with Gasteiger partial charge in [0.2, 0.25) is 0 Å². The molecule has 4 heteroatoms. The Labute approximate surface area is 136 Å². The van der Waals surface area contributed by atoms with Gasteiger partial charge in [-0.25, -0.2) is 0 Å². The summed E-state index contributed by atoms with van der Waals surface area (Å²) in [4.78, 5) is 0. The van der Waals surface area contributed by atoms with E-state index in [2.05, 4.69) is 5.32 Å². The van der Waals surface area contributed by atoms with Gasteiger partial charge in [-0.2, -0.15) is 0 Å². The van der Waals surface area contributed by atoms with E-state index in [-0.39, 0.29) is 0 Å². The Bertz CT molecular complexity index is 668. The average Bonchev–Trinajstić information content (AvgIpc) is 2.49. The minimum absolute atomic E-state index is 0.529. The van der Waals surface area contributed by atoms with Gasteiger partial charge in [-0.1, -0.05) is 23.7 Å². The van der Waals surface area contributed by atoms with Gasteiger partial charge in [0, 0.05) is 17.1 Å². The highest BCUT2D eigenvalue weighted by molar-refractivity contribution is 6.31. The standard InChI is InChI=1S/C18H22ClNO2/c1-11-12(2)17(8-7-16(11)19)22-18-9-14(13(3)21)5-6-15(18)10-20-4/h5-9,13,20-21H,10H2,1-4H3. The van der Waals surface area contributed by atoms with E-state index in [0.717, 1.165) is 38.8 Å². The van der Waals surface area contributed by atoms with Crippen molar-refractivity contribution in [2.45, 2.75) is 33.4 Å². The van der Waals surface area contributed by atoms with Crippen LogP contribution in [0.4, 0.5) is 0 Å². The fourth-order valence-corrected chi connectivity index (χ4v) is 2.46. The van der Waals surface area contributed by atoms with Gasteiger partial charge in [0.25, 0.3) is 0 Å². The van der Waals surface area contributed by atoms with Crippen LogP contribution in [0.25, 0.3) is 0 Å². The molecule has 2 aromatic carbocycles. The Morgan fingerprint density at radius 3 is 2.50 bits per heavy atom. The number of aliphatic hydroxyl groups excluding tert-OH is 1. The molecule has 0 saturated carbocycles. The Balaban J connectivity index is 2.42. The molecule has 3 nitrogen and oxygen atoms in total. The van der Waals surface area contributed by atoms with Gasteiger partial charge < -0.3 is 15.2 Å². The Hall–Kier alpha value is -1.55. The second-order valence-corrected chi connectivity index (χ2v) is 5.88. The summed E-state index contributed by atoms with van der Waals surface area (Å²) in [6.07, 6.45) is -0.529. The molecule has 0 aliphatic rings. The van der Waals surface area contributed by atoms with E-state index in [9.17, 15) is 5.11 Å². The van der Waals surface area contributed by atoms with E-state index in [4.69, 9.17) is 16.3 Å². The molecule has 118 valence electrons. The van der Waals surface area contributed by atoms with Crippen molar-refractivity contribution in [1.29, 1.82) is 0 Å². The van der Waals surface area contributed by atoms with E-state index >= 15 is 0 Å². The summed E-state index contributed by atoms with van der Waals surface area (Å²) in [6, 6.07) is 9.51. The fraction of sp³-hybridized carbons (Fsp3) is 0.333. The van der Waals surface area contributed by atoms with Crippen LogP contribution < -0.4 is 10.1 Å². The highest BCUT2D eigenvalue weighted by atomic mass is 35.5. The minimum Gasteiger partial charge on any atom is -0.457 e. The molecule has 0 fully saturated rings. The molecule has 2 aromatic rings. The third kappa shape index (κ3) is 3.61. The maximum atomic E-state index is 9.78. The molecule has 22 heavy (non-hydrogen) atoms. The Kier molecular flexibility index (Phi) is 5.46.